The van der Waals surface area contributed by atoms with Gasteiger partial charge in [0.1, 0.15) is 15.5 Å². The summed E-state index contributed by atoms with van der Waals surface area (Å²) < 4.78 is 7.14. The average molecular weight is 281 g/mol. The van der Waals surface area contributed by atoms with E-state index in [4.69, 9.17) is 16.3 Å². The molecular formula is C9H13ClN2O4S. The molecule has 0 bridgehead atoms. The molecule has 8 heteroatoms. The Hall–Kier alpha value is -0.890. The van der Waals surface area contributed by atoms with E-state index in [2.05, 4.69) is 9.69 Å². The first-order chi connectivity index (χ1) is 7.87. The number of hydrogen-bond acceptors (Lipinski definition) is 5. The van der Waals surface area contributed by atoms with Gasteiger partial charge in [-0.15, -0.1) is 0 Å². The molecule has 0 saturated carbocycles. The number of aliphatic hydroxyl groups is 1. The van der Waals surface area contributed by atoms with Crippen molar-refractivity contribution in [1.29, 1.82) is 0 Å². The molecule has 0 fully saturated rings. The number of carbonyl (C=O) groups excluding carboxylic acids is 1. The summed E-state index contributed by atoms with van der Waals surface area (Å²) >= 11 is 6.49. The fourth-order valence-electron chi connectivity index (χ4n) is 1.15. The van der Waals surface area contributed by atoms with Gasteiger partial charge in [0.25, 0.3) is 11.5 Å². The zero-order valence-corrected chi connectivity index (χ0v) is 10.9. The quantitative estimate of drug-likeness (QED) is 0.719. The van der Waals surface area contributed by atoms with Gasteiger partial charge in [-0.05, 0) is 6.92 Å². The molecule has 1 unspecified atom stereocenters. The van der Waals surface area contributed by atoms with Crippen LogP contribution in [0.25, 0.3) is 0 Å². The van der Waals surface area contributed by atoms with Crippen LogP contribution >= 0.6 is 23.1 Å². The van der Waals surface area contributed by atoms with E-state index in [9.17, 15) is 14.7 Å². The number of carbonyl (C=O) groups is 1. The number of amides is 1. The highest BCUT2D eigenvalue weighted by Crippen LogP contribution is 2.14. The monoisotopic (exact) mass is 280 g/mol. The van der Waals surface area contributed by atoms with Crippen molar-refractivity contribution in [3.8, 4) is 0 Å². The maximum absolute atomic E-state index is 11.6. The molecule has 0 spiro atoms. The largest absolute Gasteiger partial charge is 0.386 e. The number of rotatable bonds is 5. The maximum Gasteiger partial charge on any atom is 0.277 e. The molecule has 0 aliphatic rings. The van der Waals surface area contributed by atoms with Gasteiger partial charge in [-0.1, -0.05) is 23.1 Å². The van der Waals surface area contributed by atoms with Gasteiger partial charge < -0.3 is 15.2 Å². The molecule has 17 heavy (non-hydrogen) atoms. The van der Waals surface area contributed by atoms with Gasteiger partial charge in [0.2, 0.25) is 0 Å². The minimum absolute atomic E-state index is 0.00208. The van der Waals surface area contributed by atoms with Crippen LogP contribution in [0.1, 0.15) is 16.6 Å². The van der Waals surface area contributed by atoms with Gasteiger partial charge in [-0.3, -0.25) is 14.0 Å². The fourth-order valence-corrected chi connectivity index (χ4v) is 2.10. The number of aromatic nitrogens is 1. The highest BCUT2D eigenvalue weighted by atomic mass is 35.5. The molecule has 1 amide bonds. The first kappa shape index (κ1) is 14.2. The molecule has 0 aliphatic carbocycles. The Morgan fingerprint density at radius 3 is 2.82 bits per heavy atom. The van der Waals surface area contributed by atoms with Crippen molar-refractivity contribution < 1.29 is 14.6 Å². The summed E-state index contributed by atoms with van der Waals surface area (Å²) in [7, 11) is 1.45. The smallest absolute Gasteiger partial charge is 0.277 e. The summed E-state index contributed by atoms with van der Waals surface area (Å²) in [5, 5.41) is 12.1. The van der Waals surface area contributed by atoms with Crippen molar-refractivity contribution in [2.45, 2.75) is 12.5 Å². The van der Waals surface area contributed by atoms with E-state index in [0.29, 0.717) is 0 Å². The molecule has 0 radical (unpaired) electrons. The molecule has 1 heterocycles. The van der Waals surface area contributed by atoms with E-state index in [0.717, 1.165) is 11.5 Å². The summed E-state index contributed by atoms with van der Waals surface area (Å²) in [6.45, 7) is 1.62. The van der Waals surface area contributed by atoms with Crippen molar-refractivity contribution in [2.24, 2.45) is 0 Å². The van der Waals surface area contributed by atoms with E-state index in [1.807, 2.05) is 0 Å². The zero-order valence-electron chi connectivity index (χ0n) is 9.37. The summed E-state index contributed by atoms with van der Waals surface area (Å²) in [4.78, 5) is 22.8. The first-order valence-electron chi connectivity index (χ1n) is 4.74. The highest BCUT2D eigenvalue weighted by Gasteiger charge is 2.23. The van der Waals surface area contributed by atoms with Crippen LogP contribution in [0.15, 0.2) is 4.79 Å². The molecule has 1 aromatic heterocycles. The van der Waals surface area contributed by atoms with Crippen LogP contribution in [0, 0.1) is 0 Å². The molecule has 6 nitrogen and oxygen atoms in total. The Bertz CT molecular complexity index is 454. The van der Waals surface area contributed by atoms with Crippen LogP contribution in [0.4, 0.5) is 0 Å². The molecule has 1 rings (SSSR count). The van der Waals surface area contributed by atoms with Gasteiger partial charge in [0.05, 0.1) is 6.61 Å². The second-order valence-corrected chi connectivity index (χ2v) is 4.98. The van der Waals surface area contributed by atoms with Gasteiger partial charge in [-0.25, -0.2) is 0 Å². The first-order valence-corrected chi connectivity index (χ1v) is 5.93. The number of nitrogens with one attached hydrogen (secondary N) is 2. The molecule has 1 aromatic rings. The third kappa shape index (κ3) is 3.81. The number of H-pyrrole nitrogens is 1. The van der Waals surface area contributed by atoms with Crippen molar-refractivity contribution in [3.05, 3.63) is 20.3 Å². The Labute approximate surface area is 107 Å². The van der Waals surface area contributed by atoms with E-state index in [1.54, 1.807) is 0 Å². The molecule has 1 atom stereocenters. The lowest BCUT2D eigenvalue weighted by Gasteiger charge is -2.22. The second-order valence-electron chi connectivity index (χ2n) is 3.79. The predicted octanol–water partition coefficient (Wildman–Crippen LogP) is 0.217. The molecule has 0 aromatic carbocycles. The van der Waals surface area contributed by atoms with Gasteiger partial charge in [-0.2, -0.15) is 0 Å². The Morgan fingerprint density at radius 2 is 2.35 bits per heavy atom. The molecule has 0 aliphatic heterocycles. The Balaban J connectivity index is 2.62. The van der Waals surface area contributed by atoms with Crippen molar-refractivity contribution in [3.63, 3.8) is 0 Å². The van der Waals surface area contributed by atoms with Crippen molar-refractivity contribution >= 4 is 29.0 Å². The van der Waals surface area contributed by atoms with E-state index in [1.165, 1.54) is 14.0 Å². The number of hydrogen-bond donors (Lipinski definition) is 3. The minimum Gasteiger partial charge on any atom is -0.386 e. The van der Waals surface area contributed by atoms with Gasteiger partial charge in [0.15, 0.2) is 0 Å². The maximum atomic E-state index is 11.6. The third-order valence-corrected chi connectivity index (χ3v) is 3.29. The van der Waals surface area contributed by atoms with Crippen LogP contribution < -0.4 is 10.9 Å². The van der Waals surface area contributed by atoms with Crippen LogP contribution in [0.5, 0.6) is 0 Å². The van der Waals surface area contributed by atoms with Crippen LogP contribution in [-0.4, -0.2) is 41.2 Å². The Morgan fingerprint density at radius 1 is 1.71 bits per heavy atom. The SMILES string of the molecule is COCC(C)(O)CNC(=O)c1s[nH]c(=O)c1Cl. The number of ether oxygens (including phenoxy) is 1. The Kier molecular flexibility index (Phi) is 4.70. The molecule has 96 valence electrons. The number of methoxy groups -OCH3 is 1. The lowest BCUT2D eigenvalue weighted by Crippen LogP contribution is -2.43. The summed E-state index contributed by atoms with van der Waals surface area (Å²) in [6, 6.07) is 0. The van der Waals surface area contributed by atoms with Crippen molar-refractivity contribution in [2.75, 3.05) is 20.3 Å². The highest BCUT2D eigenvalue weighted by molar-refractivity contribution is 7.08. The van der Waals surface area contributed by atoms with Gasteiger partial charge >= 0.3 is 0 Å². The molecular weight excluding hydrogens is 268 g/mol. The summed E-state index contributed by atoms with van der Waals surface area (Å²) in [5.74, 6) is -0.505. The number of halogens is 1. The van der Waals surface area contributed by atoms with E-state index < -0.39 is 17.1 Å². The fraction of sp³-hybridized carbons (Fsp3) is 0.556. The van der Waals surface area contributed by atoms with E-state index in [-0.39, 0.29) is 23.1 Å². The standard InChI is InChI=1S/C9H13ClN2O4S/c1-9(15,4-16-2)3-11-8(14)6-5(10)7(13)12-17-6/h15H,3-4H2,1-2H3,(H,11,14)(H,12,13). The number of aromatic amines is 1. The van der Waals surface area contributed by atoms with Gasteiger partial charge in [0, 0.05) is 13.7 Å². The molecule has 0 saturated heterocycles. The lowest BCUT2D eigenvalue weighted by molar-refractivity contribution is -0.0146. The minimum atomic E-state index is -1.17. The van der Waals surface area contributed by atoms with E-state index >= 15 is 0 Å². The lowest BCUT2D eigenvalue weighted by atomic mass is 10.1. The average Bonchev–Trinajstić information content (AvgIpc) is 2.57. The van der Waals surface area contributed by atoms with Crippen LogP contribution in [0.2, 0.25) is 5.02 Å². The summed E-state index contributed by atoms with van der Waals surface area (Å²) in [5.41, 5.74) is -1.66. The molecule has 3 N–H and O–H groups in total. The normalized spacial score (nSPS) is 14.4. The summed E-state index contributed by atoms with van der Waals surface area (Å²) in [6.07, 6.45) is 0. The predicted molar refractivity (Wildman–Crippen MR) is 64.8 cm³/mol. The second kappa shape index (κ2) is 5.63. The van der Waals surface area contributed by atoms with Crippen LogP contribution in [-0.2, 0) is 4.74 Å². The van der Waals surface area contributed by atoms with Crippen molar-refractivity contribution in [1.82, 2.24) is 9.69 Å². The van der Waals surface area contributed by atoms with Crippen LogP contribution in [0.3, 0.4) is 0 Å². The third-order valence-electron chi connectivity index (χ3n) is 1.94. The zero-order chi connectivity index (χ0) is 13.1. The topological polar surface area (TPSA) is 91.4 Å².